The minimum absolute atomic E-state index is 0.651. The normalized spacial score (nSPS) is 11.9. The number of unbranched alkanes of at least 4 members (excludes halogenated alkanes) is 22. The highest BCUT2D eigenvalue weighted by Crippen LogP contribution is 2.50. The predicted molar refractivity (Wildman–Crippen MR) is 262 cm³/mol. The van der Waals surface area contributed by atoms with Crippen LogP contribution in [0.15, 0.2) is 36.4 Å². The van der Waals surface area contributed by atoms with Crippen molar-refractivity contribution in [2.75, 3.05) is 0 Å². The van der Waals surface area contributed by atoms with Gasteiger partial charge in [0.15, 0.2) is 11.6 Å². The molecule has 0 fully saturated rings. The maximum absolute atomic E-state index is 14.2. The summed E-state index contributed by atoms with van der Waals surface area (Å²) in [6.07, 6.45) is 33.3. The zero-order chi connectivity index (χ0) is 42.1. The molecule has 10 heteroatoms. The molecule has 0 unspecified atom stereocenters. The minimum Gasteiger partial charge on any atom is -0.203 e. The summed E-state index contributed by atoms with van der Waals surface area (Å²) in [6, 6.07) is 11.6. The Balaban J connectivity index is 1.10. The number of aryl methyl sites for hydroxylation is 2. The van der Waals surface area contributed by atoms with Crippen LogP contribution in [0.2, 0.25) is 0 Å². The summed E-state index contributed by atoms with van der Waals surface area (Å²) >= 11 is 8.67. The van der Waals surface area contributed by atoms with Gasteiger partial charge in [-0.1, -0.05) is 155 Å². The van der Waals surface area contributed by atoms with E-state index in [9.17, 15) is 17.6 Å². The van der Waals surface area contributed by atoms with Crippen LogP contribution in [0.5, 0.6) is 0 Å². The highest BCUT2D eigenvalue weighted by atomic mass is 32.1. The number of fused-ring (bicyclic) bond motifs is 1. The molecule has 0 bridgehead atoms. The molecule has 0 spiro atoms. The van der Waals surface area contributed by atoms with Gasteiger partial charge in [-0.2, -0.15) is 8.78 Å². The third-order valence-electron chi connectivity index (χ3n) is 11.6. The first kappa shape index (κ1) is 47.7. The van der Waals surface area contributed by atoms with Gasteiger partial charge in [0.1, 0.15) is 0 Å². The molecule has 0 atom stereocenters. The Morgan fingerprint density at radius 3 is 0.917 bits per heavy atom. The predicted octanol–water partition coefficient (Wildman–Crippen LogP) is 20.9. The SMILES string of the molecule is CCCCCCCCCCCCCCc1cc(-c2cc(F)c(F)s2)sc1-c1cc2sc(-c3sc(-c4cc(F)c(F)s4)cc3CCCCCCCCCCCCCC)cc2s1. The molecule has 0 aliphatic rings. The smallest absolute Gasteiger partial charge is 0.203 e. The second-order valence-electron chi connectivity index (χ2n) is 16.6. The van der Waals surface area contributed by atoms with E-state index < -0.39 is 21.9 Å². The minimum atomic E-state index is -0.777. The summed E-state index contributed by atoms with van der Waals surface area (Å²) in [5, 5.41) is -1.51. The average molecular weight is 933 g/mol. The van der Waals surface area contributed by atoms with Crippen molar-refractivity contribution in [3.63, 3.8) is 0 Å². The van der Waals surface area contributed by atoms with Crippen LogP contribution in [0, 0.1) is 21.9 Å². The maximum Gasteiger partial charge on any atom is 0.212 e. The van der Waals surface area contributed by atoms with Crippen LogP contribution in [-0.4, -0.2) is 0 Å². The van der Waals surface area contributed by atoms with Crippen LogP contribution < -0.4 is 0 Å². The third kappa shape index (κ3) is 14.1. The van der Waals surface area contributed by atoms with E-state index in [1.807, 2.05) is 0 Å². The third-order valence-corrected chi connectivity index (χ3v) is 18.8. The molecular weight excluding hydrogens is 869 g/mol. The van der Waals surface area contributed by atoms with Crippen LogP contribution in [0.1, 0.15) is 179 Å². The summed E-state index contributed by atoms with van der Waals surface area (Å²) in [5.41, 5.74) is 2.54. The largest absolute Gasteiger partial charge is 0.212 e. The number of halogens is 4. The van der Waals surface area contributed by atoms with E-state index in [2.05, 4.69) is 38.1 Å². The van der Waals surface area contributed by atoms with E-state index in [0.717, 1.165) is 58.1 Å². The molecule has 0 N–H and O–H groups in total. The van der Waals surface area contributed by atoms with Crippen molar-refractivity contribution in [3.05, 3.63) is 69.4 Å². The van der Waals surface area contributed by atoms with Gasteiger partial charge < -0.3 is 0 Å². The Bertz CT molecular complexity index is 1920. The number of thiophene rings is 6. The van der Waals surface area contributed by atoms with Crippen LogP contribution in [-0.2, 0) is 12.8 Å². The van der Waals surface area contributed by atoms with Crippen molar-refractivity contribution in [3.8, 4) is 39.0 Å². The zero-order valence-corrected chi connectivity index (χ0v) is 40.7. The van der Waals surface area contributed by atoms with Gasteiger partial charge >= 0.3 is 0 Å². The number of hydrogen-bond donors (Lipinski definition) is 0. The van der Waals surface area contributed by atoms with E-state index >= 15 is 0 Å². The van der Waals surface area contributed by atoms with Crippen molar-refractivity contribution < 1.29 is 17.6 Å². The lowest BCUT2D eigenvalue weighted by Crippen LogP contribution is -1.87. The molecule has 0 aliphatic carbocycles. The molecule has 0 saturated carbocycles. The monoisotopic (exact) mass is 932 g/mol. The second kappa shape index (κ2) is 25.5. The molecule has 0 aliphatic heterocycles. The molecule has 6 aromatic rings. The Morgan fingerprint density at radius 1 is 0.317 bits per heavy atom. The fraction of sp³-hybridized carbons (Fsp3) is 0.560. The van der Waals surface area contributed by atoms with E-state index in [4.69, 9.17) is 0 Å². The van der Waals surface area contributed by atoms with Gasteiger partial charge in [-0.3, -0.25) is 0 Å². The van der Waals surface area contributed by atoms with Crippen LogP contribution >= 0.6 is 68.0 Å². The first-order valence-electron chi connectivity index (χ1n) is 23.0. The molecule has 6 heterocycles. The summed E-state index contributed by atoms with van der Waals surface area (Å²) < 4.78 is 59.1. The van der Waals surface area contributed by atoms with Crippen molar-refractivity contribution in [1.82, 2.24) is 0 Å². The lowest BCUT2D eigenvalue weighted by molar-refractivity contribution is 0.531. The van der Waals surface area contributed by atoms with Crippen LogP contribution in [0.4, 0.5) is 17.6 Å². The molecule has 0 saturated heterocycles. The molecule has 0 nitrogen and oxygen atoms in total. The van der Waals surface area contributed by atoms with E-state index in [0.29, 0.717) is 9.75 Å². The summed E-state index contributed by atoms with van der Waals surface area (Å²) in [5.74, 6) is -1.55. The van der Waals surface area contributed by atoms with Crippen LogP contribution in [0.3, 0.4) is 0 Å². The quantitative estimate of drug-likeness (QED) is 0.0312. The van der Waals surface area contributed by atoms with Crippen LogP contribution in [0.25, 0.3) is 48.4 Å². The summed E-state index contributed by atoms with van der Waals surface area (Å²) in [4.78, 5) is 8.00. The van der Waals surface area contributed by atoms with Gasteiger partial charge in [-0.15, -0.1) is 68.0 Å². The Labute approximate surface area is 381 Å². The van der Waals surface area contributed by atoms with Gasteiger partial charge in [0, 0.05) is 38.7 Å². The van der Waals surface area contributed by atoms with Gasteiger partial charge in [0.2, 0.25) is 10.3 Å². The summed E-state index contributed by atoms with van der Waals surface area (Å²) in [6.45, 7) is 4.54. The lowest BCUT2D eigenvalue weighted by atomic mass is 10.0. The fourth-order valence-corrected chi connectivity index (χ4v) is 15.0. The summed E-state index contributed by atoms with van der Waals surface area (Å²) in [7, 11) is 0. The second-order valence-corrected chi connectivity index (χ2v) is 22.9. The molecule has 6 rings (SSSR count). The van der Waals surface area contributed by atoms with Gasteiger partial charge in [-0.25, -0.2) is 8.78 Å². The highest BCUT2D eigenvalue weighted by Gasteiger charge is 2.21. The molecule has 328 valence electrons. The Kier molecular flexibility index (Phi) is 20.2. The molecule has 0 amide bonds. The standard InChI is InChI=1S/C50H64F4S6/c1-3-5-7-9-11-13-15-17-19-21-23-25-27-35-29-39(41-31-37(51)49(53)59-41)57-47(35)45-33-43-44(55-45)34-46(56-43)48-36(30-40(58-48)42-32-38(52)50(54)60-42)28-26-24-22-20-18-16-14-12-10-8-6-4-2/h29-34H,3-28H2,1-2H3. The van der Waals surface area contributed by atoms with Crippen molar-refractivity contribution in [1.29, 1.82) is 0 Å². The average Bonchev–Trinajstić information content (AvgIpc) is 4.10. The van der Waals surface area contributed by atoms with E-state index in [1.54, 1.807) is 45.3 Å². The Hall–Kier alpha value is -1.82. The molecule has 0 aromatic carbocycles. The molecule has 0 radical (unpaired) electrons. The van der Waals surface area contributed by atoms with Crippen molar-refractivity contribution in [2.24, 2.45) is 0 Å². The van der Waals surface area contributed by atoms with Gasteiger partial charge in [-0.05, 0) is 73.2 Å². The lowest BCUT2D eigenvalue weighted by Gasteiger charge is -2.04. The number of hydrogen-bond acceptors (Lipinski definition) is 6. The van der Waals surface area contributed by atoms with Gasteiger partial charge in [0.25, 0.3) is 0 Å². The fourth-order valence-electron chi connectivity index (χ4n) is 8.20. The van der Waals surface area contributed by atoms with Crippen molar-refractivity contribution >= 4 is 77.4 Å². The maximum atomic E-state index is 14.2. The molecule has 6 aromatic heterocycles. The first-order chi connectivity index (χ1) is 29.3. The zero-order valence-electron chi connectivity index (χ0n) is 35.8. The van der Waals surface area contributed by atoms with Crippen molar-refractivity contribution in [2.45, 2.75) is 181 Å². The molecular formula is C50H64F4S6. The number of rotatable bonds is 30. The highest BCUT2D eigenvalue weighted by molar-refractivity contribution is 7.34. The first-order valence-corrected chi connectivity index (χ1v) is 27.9. The van der Waals surface area contributed by atoms with E-state index in [-0.39, 0.29) is 0 Å². The van der Waals surface area contributed by atoms with E-state index in [1.165, 1.54) is 193 Å². The Morgan fingerprint density at radius 2 is 0.617 bits per heavy atom. The molecule has 60 heavy (non-hydrogen) atoms. The topological polar surface area (TPSA) is 0 Å². The van der Waals surface area contributed by atoms with Gasteiger partial charge in [0.05, 0.1) is 9.75 Å².